The lowest BCUT2D eigenvalue weighted by Crippen LogP contribution is -2.46. The van der Waals surface area contributed by atoms with Crippen molar-refractivity contribution in [3.8, 4) is 67.8 Å². The Morgan fingerprint density at radius 2 is 0.656 bits per heavy atom. The first-order chi connectivity index (χ1) is 31.4. The number of H-pyrrole nitrogens is 2. The third-order valence-electron chi connectivity index (χ3n) is 11.0. The summed E-state index contributed by atoms with van der Waals surface area (Å²) in [7, 11) is -5.50. The van der Waals surface area contributed by atoms with Gasteiger partial charge >= 0.3 is 17.6 Å². The molecule has 7 rings (SSSR count). The van der Waals surface area contributed by atoms with E-state index in [1.54, 1.807) is 0 Å². The summed E-state index contributed by atoms with van der Waals surface area (Å²) < 4.78 is 36.7. The van der Waals surface area contributed by atoms with Crippen LogP contribution < -0.4 is 0 Å². The standard InChI is InChI=1S/C52H62N4O6Si2/c1-7-57-63(58-8-2,59-9-3)37-35-39-23-27-43(28-24-39)49-47(41-19-15-13-16-20-41)53-51(55-49)45-31-33-46(34-32-45)52-54-48(42-21-17-14-18-22-42)50(56-52)44-29-25-40(26-30-44)36-38-64(60-10-4,61-11-5)62-12-6/h13-34H,7-12,35-38H2,1-6H3,(H,53,55)(H,54,56). The van der Waals surface area contributed by atoms with Crippen molar-refractivity contribution >= 4 is 17.6 Å². The summed E-state index contributed by atoms with van der Waals surface area (Å²) in [5.41, 5.74) is 12.3. The first kappa shape index (κ1) is 46.7. The molecule has 10 nitrogen and oxygen atoms in total. The molecule has 334 valence electrons. The maximum atomic E-state index is 6.11. The lowest BCUT2D eigenvalue weighted by atomic mass is 10.0. The van der Waals surface area contributed by atoms with E-state index in [2.05, 4.69) is 107 Å². The highest BCUT2D eigenvalue weighted by Crippen LogP contribution is 2.36. The molecule has 0 aliphatic rings. The molecule has 0 spiro atoms. The van der Waals surface area contributed by atoms with E-state index in [-0.39, 0.29) is 0 Å². The van der Waals surface area contributed by atoms with Gasteiger partial charge < -0.3 is 36.5 Å². The van der Waals surface area contributed by atoms with E-state index in [9.17, 15) is 0 Å². The summed E-state index contributed by atoms with van der Waals surface area (Å²) in [5, 5.41) is 0. The number of imidazole rings is 2. The van der Waals surface area contributed by atoms with Gasteiger partial charge in [0.05, 0.1) is 22.8 Å². The van der Waals surface area contributed by atoms with Crippen molar-refractivity contribution in [1.29, 1.82) is 0 Å². The van der Waals surface area contributed by atoms with E-state index >= 15 is 0 Å². The number of nitrogens with zero attached hydrogens (tertiary/aromatic N) is 2. The second kappa shape index (κ2) is 22.6. The van der Waals surface area contributed by atoms with Crippen molar-refractivity contribution in [3.63, 3.8) is 0 Å². The first-order valence-corrected chi connectivity index (χ1v) is 26.7. The van der Waals surface area contributed by atoms with Crippen LogP contribution in [0.15, 0.2) is 133 Å². The summed E-state index contributed by atoms with van der Waals surface area (Å²) in [4.78, 5) is 17.8. The average molecular weight is 895 g/mol. The van der Waals surface area contributed by atoms with Crippen molar-refractivity contribution in [1.82, 2.24) is 19.9 Å². The van der Waals surface area contributed by atoms with Crippen molar-refractivity contribution in [2.75, 3.05) is 39.6 Å². The molecule has 0 amide bonds. The highest BCUT2D eigenvalue weighted by atomic mass is 28.4. The van der Waals surface area contributed by atoms with Crippen LogP contribution >= 0.6 is 0 Å². The predicted molar refractivity (Wildman–Crippen MR) is 262 cm³/mol. The highest BCUT2D eigenvalue weighted by Gasteiger charge is 2.40. The van der Waals surface area contributed by atoms with Gasteiger partial charge in [-0.15, -0.1) is 0 Å². The van der Waals surface area contributed by atoms with Crippen molar-refractivity contribution in [2.45, 2.75) is 66.5 Å². The van der Waals surface area contributed by atoms with Crippen LogP contribution in [0, 0.1) is 0 Å². The normalized spacial score (nSPS) is 12.0. The topological polar surface area (TPSA) is 113 Å². The minimum atomic E-state index is -2.75. The summed E-state index contributed by atoms with van der Waals surface area (Å²) in [6, 6.07) is 47.9. The third-order valence-corrected chi connectivity index (χ3v) is 17.1. The Bertz CT molecular complexity index is 2270. The summed E-state index contributed by atoms with van der Waals surface area (Å²) >= 11 is 0. The monoisotopic (exact) mass is 894 g/mol. The Hall–Kier alpha value is -5.29. The van der Waals surface area contributed by atoms with Crippen LogP contribution in [-0.2, 0) is 39.4 Å². The van der Waals surface area contributed by atoms with E-state index in [0.717, 1.165) is 92.7 Å². The largest absolute Gasteiger partial charge is 0.501 e. The maximum absolute atomic E-state index is 6.11. The maximum Gasteiger partial charge on any atom is 0.501 e. The van der Waals surface area contributed by atoms with Gasteiger partial charge in [-0.1, -0.05) is 133 Å². The Kier molecular flexibility index (Phi) is 16.5. The lowest BCUT2D eigenvalue weighted by Gasteiger charge is -2.28. The van der Waals surface area contributed by atoms with Crippen LogP contribution in [0.3, 0.4) is 0 Å². The molecule has 0 fully saturated rings. The number of hydrogen-bond donors (Lipinski definition) is 2. The van der Waals surface area contributed by atoms with E-state index in [4.69, 9.17) is 36.5 Å². The van der Waals surface area contributed by atoms with Crippen molar-refractivity contribution in [2.24, 2.45) is 0 Å². The molecule has 2 aromatic heterocycles. The molecule has 0 saturated carbocycles. The molecule has 0 aliphatic heterocycles. The van der Waals surface area contributed by atoms with Crippen LogP contribution in [0.4, 0.5) is 0 Å². The van der Waals surface area contributed by atoms with Gasteiger partial charge in [-0.2, -0.15) is 0 Å². The molecule has 12 heteroatoms. The van der Waals surface area contributed by atoms with Gasteiger partial charge in [0.2, 0.25) is 0 Å². The number of nitrogens with one attached hydrogen (secondary N) is 2. The molecule has 0 atom stereocenters. The van der Waals surface area contributed by atoms with Gasteiger partial charge in [0.25, 0.3) is 0 Å². The van der Waals surface area contributed by atoms with Crippen LogP contribution in [0.25, 0.3) is 67.8 Å². The van der Waals surface area contributed by atoms with Crippen LogP contribution in [-0.4, -0.2) is 77.2 Å². The SMILES string of the molecule is CCO[Si](CCc1ccc(-c2[nH]c(-c3ccc(-c4nc(-c5ccccc5)c(-c5ccc(CC[Si](OCC)(OCC)OCC)cc5)[nH]4)cc3)nc2-c2ccccc2)cc1)(OCC)OCC. The number of aromatic amines is 2. The highest BCUT2D eigenvalue weighted by molar-refractivity contribution is 6.61. The second-order valence-electron chi connectivity index (χ2n) is 15.3. The molecule has 0 saturated heterocycles. The Balaban J connectivity index is 1.14. The molecule has 0 bridgehead atoms. The molecule has 2 heterocycles. The number of aryl methyl sites for hydroxylation is 2. The molecule has 2 N–H and O–H groups in total. The zero-order valence-electron chi connectivity index (χ0n) is 38.1. The zero-order valence-corrected chi connectivity index (χ0v) is 40.1. The molecule has 0 unspecified atom stereocenters. The molecule has 0 radical (unpaired) electrons. The van der Waals surface area contributed by atoms with Crippen LogP contribution in [0.1, 0.15) is 52.7 Å². The summed E-state index contributed by atoms with van der Waals surface area (Å²) in [5.74, 6) is 1.58. The fraction of sp³-hybridized carbons (Fsp3) is 0.308. The van der Waals surface area contributed by atoms with Gasteiger partial charge in [0, 0.05) is 85.1 Å². The van der Waals surface area contributed by atoms with E-state index in [1.165, 1.54) is 11.1 Å². The zero-order chi connectivity index (χ0) is 44.8. The molecule has 7 aromatic rings. The quantitative estimate of drug-likeness (QED) is 0.0577. The number of hydrogen-bond acceptors (Lipinski definition) is 8. The Morgan fingerprint density at radius 1 is 0.359 bits per heavy atom. The van der Waals surface area contributed by atoms with Gasteiger partial charge in [-0.3, -0.25) is 0 Å². The van der Waals surface area contributed by atoms with E-state index in [1.807, 2.05) is 77.9 Å². The molecule has 5 aromatic carbocycles. The third kappa shape index (κ3) is 11.3. The van der Waals surface area contributed by atoms with Gasteiger partial charge in [0.1, 0.15) is 11.6 Å². The lowest BCUT2D eigenvalue weighted by molar-refractivity contribution is 0.0706. The van der Waals surface area contributed by atoms with Gasteiger partial charge in [-0.05, 0) is 65.5 Å². The number of benzene rings is 5. The minimum Gasteiger partial charge on any atom is -0.374 e. The Morgan fingerprint density at radius 3 is 0.953 bits per heavy atom. The van der Waals surface area contributed by atoms with Gasteiger partial charge in [0.15, 0.2) is 0 Å². The molecule has 64 heavy (non-hydrogen) atoms. The fourth-order valence-electron chi connectivity index (χ4n) is 8.11. The average Bonchev–Trinajstić information content (AvgIpc) is 3.99. The minimum absolute atomic E-state index is 0.567. The van der Waals surface area contributed by atoms with E-state index < -0.39 is 17.6 Å². The predicted octanol–water partition coefficient (Wildman–Crippen LogP) is 12.3. The van der Waals surface area contributed by atoms with Crippen LogP contribution in [0.5, 0.6) is 0 Å². The molecule has 0 aliphatic carbocycles. The van der Waals surface area contributed by atoms with Gasteiger partial charge in [-0.25, -0.2) is 9.97 Å². The Labute approximate surface area is 381 Å². The van der Waals surface area contributed by atoms with E-state index in [0.29, 0.717) is 39.6 Å². The van der Waals surface area contributed by atoms with Crippen molar-refractivity contribution < 1.29 is 26.6 Å². The first-order valence-electron chi connectivity index (χ1n) is 22.8. The van der Waals surface area contributed by atoms with Crippen molar-refractivity contribution in [3.05, 3.63) is 145 Å². The van der Waals surface area contributed by atoms with Crippen LogP contribution in [0.2, 0.25) is 12.1 Å². The second-order valence-corrected chi connectivity index (χ2v) is 20.7. The summed E-state index contributed by atoms with van der Waals surface area (Å²) in [6.07, 6.45) is 1.60. The molecular weight excluding hydrogens is 833 g/mol. The number of aromatic nitrogens is 4. The number of rotatable bonds is 24. The molecular formula is C52H62N4O6Si2. The fourth-order valence-corrected chi connectivity index (χ4v) is 13.3. The smallest absolute Gasteiger partial charge is 0.374 e. The summed E-state index contributed by atoms with van der Waals surface area (Å²) in [6.45, 7) is 15.4.